The Hall–Kier alpha value is -0.890. The van der Waals surface area contributed by atoms with Crippen LogP contribution in [0.2, 0.25) is 5.02 Å². The van der Waals surface area contributed by atoms with Crippen molar-refractivity contribution in [3.8, 4) is 0 Å². The van der Waals surface area contributed by atoms with E-state index < -0.39 is 10.0 Å². The number of sulfonamides is 1. The molecule has 0 aromatic carbocycles. The topological polar surface area (TPSA) is 74.3 Å². The average Bonchev–Trinajstić information content (AvgIpc) is 2.93. The molecule has 2 heterocycles. The Morgan fingerprint density at radius 3 is 2.86 bits per heavy atom. The first kappa shape index (κ1) is 16.5. The molecule has 118 valence electrons. The van der Waals surface area contributed by atoms with Gasteiger partial charge < -0.3 is 10.2 Å². The van der Waals surface area contributed by atoms with Crippen molar-refractivity contribution < 1.29 is 8.42 Å². The van der Waals surface area contributed by atoms with E-state index in [9.17, 15) is 8.42 Å². The second-order valence-corrected chi connectivity index (χ2v) is 7.33. The number of pyridine rings is 1. The van der Waals surface area contributed by atoms with E-state index in [-0.39, 0.29) is 4.90 Å². The van der Waals surface area contributed by atoms with E-state index in [1.165, 1.54) is 12.3 Å². The van der Waals surface area contributed by atoms with Gasteiger partial charge in [-0.05, 0) is 31.5 Å². The molecule has 1 aliphatic rings. The number of hydrogen-bond donors (Lipinski definition) is 2. The summed E-state index contributed by atoms with van der Waals surface area (Å²) < 4.78 is 27.1. The zero-order valence-electron chi connectivity index (χ0n) is 12.3. The first-order valence-corrected chi connectivity index (χ1v) is 8.87. The lowest BCUT2D eigenvalue weighted by Crippen LogP contribution is -2.31. The highest BCUT2D eigenvalue weighted by molar-refractivity contribution is 7.89. The summed E-state index contributed by atoms with van der Waals surface area (Å²) in [5, 5.41) is 3.09. The van der Waals surface area contributed by atoms with Gasteiger partial charge in [0.25, 0.3) is 0 Å². The highest BCUT2D eigenvalue weighted by Crippen LogP contribution is 2.22. The summed E-state index contributed by atoms with van der Waals surface area (Å²) in [6.07, 6.45) is 2.33. The molecule has 2 rings (SSSR count). The van der Waals surface area contributed by atoms with Crippen LogP contribution in [-0.4, -0.2) is 51.5 Å². The van der Waals surface area contributed by atoms with Gasteiger partial charge in [0.2, 0.25) is 10.0 Å². The molecule has 0 bridgehead atoms. The molecule has 1 atom stereocenters. The lowest BCUT2D eigenvalue weighted by atomic mass is 10.1. The molecule has 2 N–H and O–H groups in total. The number of aromatic nitrogens is 1. The Morgan fingerprint density at radius 1 is 1.52 bits per heavy atom. The van der Waals surface area contributed by atoms with Gasteiger partial charge in [0.15, 0.2) is 0 Å². The molecule has 0 saturated carbocycles. The second kappa shape index (κ2) is 6.91. The fraction of sp³-hybridized carbons (Fsp3) is 0.615. The number of nitrogens with zero attached hydrogens (tertiary/aromatic N) is 2. The second-order valence-electron chi connectivity index (χ2n) is 5.15. The monoisotopic (exact) mass is 332 g/mol. The Kier molecular flexibility index (Phi) is 5.43. The Bertz CT molecular complexity index is 594. The standard InChI is InChI=1S/C13H21ClN4O2S/c1-3-18-5-4-10(9-18)7-17-21(19,20)11-6-12(14)13(15-2)16-8-11/h6,8,10,17H,3-5,7,9H2,1-2H3,(H,15,16). The van der Waals surface area contributed by atoms with Crippen LogP contribution in [0.15, 0.2) is 17.2 Å². The summed E-state index contributed by atoms with van der Waals surface area (Å²) >= 11 is 5.98. The van der Waals surface area contributed by atoms with Crippen LogP contribution in [0, 0.1) is 5.92 Å². The molecule has 21 heavy (non-hydrogen) atoms. The van der Waals surface area contributed by atoms with Crippen LogP contribution in [0.25, 0.3) is 0 Å². The van der Waals surface area contributed by atoms with E-state index in [1.54, 1.807) is 7.05 Å². The van der Waals surface area contributed by atoms with Crippen LogP contribution in [0.5, 0.6) is 0 Å². The van der Waals surface area contributed by atoms with Crippen molar-refractivity contribution in [3.05, 3.63) is 17.3 Å². The van der Waals surface area contributed by atoms with E-state index in [4.69, 9.17) is 11.6 Å². The van der Waals surface area contributed by atoms with Crippen LogP contribution in [0.3, 0.4) is 0 Å². The van der Waals surface area contributed by atoms with E-state index in [2.05, 4.69) is 26.8 Å². The SMILES string of the molecule is CCN1CCC(CNS(=O)(=O)c2cnc(NC)c(Cl)c2)C1. The number of rotatable bonds is 6. The van der Waals surface area contributed by atoms with Crippen molar-refractivity contribution in [1.82, 2.24) is 14.6 Å². The Morgan fingerprint density at radius 2 is 2.29 bits per heavy atom. The predicted molar refractivity (Wildman–Crippen MR) is 84.2 cm³/mol. The molecule has 1 saturated heterocycles. The van der Waals surface area contributed by atoms with Crippen LogP contribution in [0.1, 0.15) is 13.3 Å². The number of likely N-dealkylation sites (tertiary alicyclic amines) is 1. The molecular formula is C13H21ClN4O2S. The average molecular weight is 333 g/mol. The van der Waals surface area contributed by atoms with Gasteiger partial charge in [-0.15, -0.1) is 0 Å². The summed E-state index contributed by atoms with van der Waals surface area (Å²) in [7, 11) is -1.88. The van der Waals surface area contributed by atoms with Gasteiger partial charge in [-0.2, -0.15) is 0 Å². The lowest BCUT2D eigenvalue weighted by Gasteiger charge is -2.14. The quantitative estimate of drug-likeness (QED) is 0.823. The van der Waals surface area contributed by atoms with Crippen molar-refractivity contribution in [2.24, 2.45) is 5.92 Å². The number of anilines is 1. The molecule has 0 radical (unpaired) electrons. The first-order valence-electron chi connectivity index (χ1n) is 7.01. The molecule has 6 nitrogen and oxygen atoms in total. The molecular weight excluding hydrogens is 312 g/mol. The maximum Gasteiger partial charge on any atom is 0.242 e. The molecule has 0 spiro atoms. The van der Waals surface area contributed by atoms with Crippen LogP contribution < -0.4 is 10.0 Å². The maximum absolute atomic E-state index is 12.2. The summed E-state index contributed by atoms with van der Waals surface area (Å²) in [6, 6.07) is 1.41. The van der Waals surface area contributed by atoms with Crippen molar-refractivity contribution in [2.75, 3.05) is 38.5 Å². The summed E-state index contributed by atoms with van der Waals surface area (Å²) in [5.74, 6) is 0.824. The van der Waals surface area contributed by atoms with Gasteiger partial charge in [0, 0.05) is 26.3 Å². The number of halogens is 1. The largest absolute Gasteiger partial charge is 0.372 e. The smallest absolute Gasteiger partial charge is 0.242 e. The molecule has 1 fully saturated rings. The van der Waals surface area contributed by atoms with Gasteiger partial charge in [-0.1, -0.05) is 18.5 Å². The van der Waals surface area contributed by atoms with Gasteiger partial charge in [-0.25, -0.2) is 18.1 Å². The molecule has 1 aliphatic heterocycles. The fourth-order valence-electron chi connectivity index (χ4n) is 2.43. The summed E-state index contributed by atoms with van der Waals surface area (Å²) in [5.41, 5.74) is 0. The Balaban J connectivity index is 2.00. The minimum Gasteiger partial charge on any atom is -0.372 e. The van der Waals surface area contributed by atoms with Crippen LogP contribution in [0.4, 0.5) is 5.82 Å². The zero-order valence-corrected chi connectivity index (χ0v) is 13.8. The molecule has 1 aromatic heterocycles. The molecule has 0 aliphatic carbocycles. The van der Waals surface area contributed by atoms with Gasteiger partial charge >= 0.3 is 0 Å². The highest BCUT2D eigenvalue weighted by Gasteiger charge is 2.24. The van der Waals surface area contributed by atoms with Gasteiger partial charge in [0.05, 0.1) is 5.02 Å². The van der Waals surface area contributed by atoms with Gasteiger partial charge in [0.1, 0.15) is 10.7 Å². The third-order valence-corrected chi connectivity index (χ3v) is 5.42. The lowest BCUT2D eigenvalue weighted by molar-refractivity contribution is 0.342. The van der Waals surface area contributed by atoms with E-state index in [1.807, 2.05) is 0 Å². The summed E-state index contributed by atoms with van der Waals surface area (Å²) in [6.45, 7) is 5.55. The molecule has 1 unspecified atom stereocenters. The van der Waals surface area contributed by atoms with E-state index >= 15 is 0 Å². The van der Waals surface area contributed by atoms with Crippen molar-refractivity contribution in [1.29, 1.82) is 0 Å². The van der Waals surface area contributed by atoms with Crippen molar-refractivity contribution >= 4 is 27.4 Å². The van der Waals surface area contributed by atoms with E-state index in [0.29, 0.717) is 23.3 Å². The molecule has 1 aromatic rings. The zero-order chi connectivity index (χ0) is 15.5. The molecule has 0 amide bonds. The normalized spacial score (nSPS) is 19.9. The number of nitrogens with one attached hydrogen (secondary N) is 2. The molecule has 8 heteroatoms. The first-order chi connectivity index (χ1) is 9.96. The van der Waals surface area contributed by atoms with Gasteiger partial charge in [-0.3, -0.25) is 0 Å². The Labute approximate surface area is 130 Å². The van der Waals surface area contributed by atoms with Crippen LogP contribution >= 0.6 is 11.6 Å². The minimum absolute atomic E-state index is 0.0943. The third-order valence-electron chi connectivity index (χ3n) is 3.74. The summed E-state index contributed by atoms with van der Waals surface area (Å²) in [4.78, 5) is 6.41. The number of hydrogen-bond acceptors (Lipinski definition) is 5. The van der Waals surface area contributed by atoms with Crippen LogP contribution in [-0.2, 0) is 10.0 Å². The maximum atomic E-state index is 12.2. The fourth-order valence-corrected chi connectivity index (χ4v) is 3.84. The highest BCUT2D eigenvalue weighted by atomic mass is 35.5. The van der Waals surface area contributed by atoms with Crippen molar-refractivity contribution in [3.63, 3.8) is 0 Å². The predicted octanol–water partition coefficient (Wildman–Crippen LogP) is 1.40. The minimum atomic E-state index is -3.56. The third kappa shape index (κ3) is 4.06. The van der Waals surface area contributed by atoms with E-state index in [0.717, 1.165) is 26.1 Å². The van der Waals surface area contributed by atoms with Crippen molar-refractivity contribution in [2.45, 2.75) is 18.2 Å².